The van der Waals surface area contributed by atoms with Crippen LogP contribution >= 0.6 is 0 Å². The Hall–Kier alpha value is -3.87. The van der Waals surface area contributed by atoms with Crippen LogP contribution < -0.4 is 10.4 Å². The third-order valence-electron chi connectivity index (χ3n) is 4.67. The monoisotopic (exact) mass is 405 g/mol. The molecule has 0 aliphatic rings. The van der Waals surface area contributed by atoms with Gasteiger partial charge in [-0.15, -0.1) is 0 Å². The van der Waals surface area contributed by atoms with E-state index in [2.05, 4.69) is 10.4 Å². The van der Waals surface area contributed by atoms with Crippen LogP contribution in [0.4, 0.5) is 11.4 Å². The second-order valence-electron chi connectivity index (χ2n) is 6.74. The first-order valence-electron chi connectivity index (χ1n) is 9.42. The van der Waals surface area contributed by atoms with E-state index >= 15 is 0 Å². The summed E-state index contributed by atoms with van der Waals surface area (Å²) >= 11 is 0. The van der Waals surface area contributed by atoms with Crippen molar-refractivity contribution in [2.24, 2.45) is 0 Å². The molecule has 1 aromatic heterocycles. The molecule has 0 fully saturated rings. The fourth-order valence-corrected chi connectivity index (χ4v) is 3.28. The number of H-pyrrole nitrogens is 1. The number of anilines is 2. The van der Waals surface area contributed by atoms with Crippen molar-refractivity contribution in [3.63, 3.8) is 0 Å². The van der Waals surface area contributed by atoms with E-state index in [0.29, 0.717) is 17.0 Å². The van der Waals surface area contributed by atoms with Crippen LogP contribution in [0.1, 0.15) is 39.0 Å². The van der Waals surface area contributed by atoms with Gasteiger partial charge in [-0.05, 0) is 36.8 Å². The van der Waals surface area contributed by atoms with Gasteiger partial charge in [0, 0.05) is 12.6 Å². The summed E-state index contributed by atoms with van der Waals surface area (Å²) < 4.78 is 4.84. The minimum Gasteiger partial charge on any atom is -0.465 e. The van der Waals surface area contributed by atoms with Gasteiger partial charge in [0.15, 0.2) is 5.78 Å². The number of carbonyl (C=O) groups excluding carboxylic acids is 3. The van der Waals surface area contributed by atoms with E-state index in [1.54, 1.807) is 11.9 Å². The summed E-state index contributed by atoms with van der Waals surface area (Å²) in [6, 6.07) is 18.8. The maximum Gasteiger partial charge on any atom is 0.339 e. The van der Waals surface area contributed by atoms with Crippen molar-refractivity contribution in [2.75, 3.05) is 12.1 Å². The summed E-state index contributed by atoms with van der Waals surface area (Å²) in [7, 11) is 1.26. The third kappa shape index (κ3) is 4.41. The topological polar surface area (TPSA) is 91.5 Å². The van der Waals surface area contributed by atoms with Crippen LogP contribution in [0.25, 0.3) is 0 Å². The molecule has 0 radical (unpaired) electrons. The fraction of sp³-hybridized carbons (Fsp3) is 0.174. The van der Waals surface area contributed by atoms with Gasteiger partial charge in [0.1, 0.15) is 0 Å². The number of benzene rings is 2. The van der Waals surface area contributed by atoms with Gasteiger partial charge < -0.3 is 9.72 Å². The number of carbonyl (C=O) groups is 3. The van der Waals surface area contributed by atoms with Crippen LogP contribution in [0.15, 0.2) is 60.7 Å². The number of para-hydroxylation sites is 2. The van der Waals surface area contributed by atoms with Gasteiger partial charge in [0.05, 0.1) is 36.2 Å². The Morgan fingerprint density at radius 3 is 1.97 bits per heavy atom. The van der Waals surface area contributed by atoms with Crippen LogP contribution in [0, 0.1) is 6.92 Å². The summed E-state index contributed by atoms with van der Waals surface area (Å²) in [5, 5.41) is 1.67. The number of hydrogen-bond acceptors (Lipinski definition) is 5. The molecule has 0 saturated carbocycles. The van der Waals surface area contributed by atoms with Crippen molar-refractivity contribution in [1.82, 2.24) is 10.4 Å². The quantitative estimate of drug-likeness (QED) is 0.355. The number of rotatable bonds is 7. The number of methoxy groups -OCH3 is 1. The SMILES string of the molecule is COC(=O)c1c(CC(=O)NN(c2ccccc2)c2ccccc2)[nH]c(C(C)=O)c1C. The number of esters is 1. The lowest BCUT2D eigenvalue weighted by atomic mass is 10.1. The van der Waals surface area contributed by atoms with Crippen LogP contribution in [0.2, 0.25) is 0 Å². The van der Waals surface area contributed by atoms with E-state index in [9.17, 15) is 14.4 Å². The number of nitrogens with one attached hydrogen (secondary N) is 2. The second-order valence-corrected chi connectivity index (χ2v) is 6.74. The van der Waals surface area contributed by atoms with Crippen molar-refractivity contribution < 1.29 is 19.1 Å². The first kappa shape index (κ1) is 20.9. The molecule has 0 atom stereocenters. The number of ketones is 1. The first-order valence-corrected chi connectivity index (χ1v) is 9.42. The predicted molar refractivity (Wildman–Crippen MR) is 114 cm³/mol. The molecular formula is C23H23N3O4. The number of ether oxygens (including phenoxy) is 1. The Bertz CT molecular complexity index is 1020. The molecule has 0 aliphatic carbocycles. The average molecular weight is 405 g/mol. The zero-order valence-corrected chi connectivity index (χ0v) is 17.1. The molecule has 0 bridgehead atoms. The number of amides is 1. The molecule has 7 heteroatoms. The number of hydrazine groups is 1. The zero-order chi connectivity index (χ0) is 21.7. The second kappa shape index (κ2) is 9.09. The molecule has 154 valence electrons. The molecule has 30 heavy (non-hydrogen) atoms. The highest BCUT2D eigenvalue weighted by Crippen LogP contribution is 2.24. The van der Waals surface area contributed by atoms with Crippen molar-refractivity contribution in [1.29, 1.82) is 0 Å². The lowest BCUT2D eigenvalue weighted by Crippen LogP contribution is -2.40. The minimum absolute atomic E-state index is 0.130. The summed E-state index contributed by atoms with van der Waals surface area (Å²) in [6.45, 7) is 3.05. The van der Waals surface area contributed by atoms with Crippen LogP contribution in [-0.4, -0.2) is 29.8 Å². The van der Waals surface area contributed by atoms with E-state index in [1.807, 2.05) is 60.7 Å². The summed E-state index contributed by atoms with van der Waals surface area (Å²) in [5.74, 6) is -1.18. The maximum atomic E-state index is 12.9. The molecule has 0 saturated heterocycles. The molecule has 3 rings (SSSR count). The summed E-state index contributed by atoms with van der Waals surface area (Å²) in [5.41, 5.74) is 5.74. The highest BCUT2D eigenvalue weighted by Gasteiger charge is 2.25. The number of aromatic nitrogens is 1. The van der Waals surface area contributed by atoms with E-state index in [-0.39, 0.29) is 23.7 Å². The minimum atomic E-state index is -0.595. The van der Waals surface area contributed by atoms with Crippen molar-refractivity contribution in [3.05, 3.63) is 83.2 Å². The van der Waals surface area contributed by atoms with Crippen molar-refractivity contribution in [2.45, 2.75) is 20.3 Å². The number of hydrogen-bond donors (Lipinski definition) is 2. The zero-order valence-electron chi connectivity index (χ0n) is 17.1. The van der Waals surface area contributed by atoms with Gasteiger partial charge in [-0.2, -0.15) is 0 Å². The first-order chi connectivity index (χ1) is 14.4. The molecule has 0 aliphatic heterocycles. The fourth-order valence-electron chi connectivity index (χ4n) is 3.28. The van der Waals surface area contributed by atoms with Crippen molar-refractivity contribution in [3.8, 4) is 0 Å². The van der Waals surface area contributed by atoms with Crippen LogP contribution in [0.5, 0.6) is 0 Å². The largest absolute Gasteiger partial charge is 0.465 e. The Morgan fingerprint density at radius 2 is 1.50 bits per heavy atom. The van der Waals surface area contributed by atoms with Gasteiger partial charge in [0.25, 0.3) is 0 Å². The van der Waals surface area contributed by atoms with Crippen LogP contribution in [0.3, 0.4) is 0 Å². The van der Waals surface area contributed by atoms with Gasteiger partial charge in [-0.1, -0.05) is 36.4 Å². The van der Waals surface area contributed by atoms with E-state index in [4.69, 9.17) is 4.74 Å². The number of nitrogens with zero attached hydrogens (tertiary/aromatic N) is 1. The van der Waals surface area contributed by atoms with Crippen LogP contribution in [-0.2, 0) is 16.0 Å². The van der Waals surface area contributed by atoms with E-state index in [1.165, 1.54) is 14.0 Å². The molecule has 0 spiro atoms. The van der Waals surface area contributed by atoms with Gasteiger partial charge in [0.2, 0.25) is 5.91 Å². The number of Topliss-reactive ketones (excluding diaryl/α,β-unsaturated/α-hetero) is 1. The standard InChI is InChI=1S/C23H23N3O4/c1-15-21(23(29)30-3)19(24-22(15)16(2)27)14-20(28)25-26(17-10-6-4-7-11-17)18-12-8-5-9-13-18/h4-13,24H,14H2,1-3H3,(H,25,28). The lowest BCUT2D eigenvalue weighted by Gasteiger charge is -2.25. The highest BCUT2D eigenvalue weighted by molar-refractivity contribution is 6.01. The lowest BCUT2D eigenvalue weighted by molar-refractivity contribution is -0.120. The maximum absolute atomic E-state index is 12.9. The van der Waals surface area contributed by atoms with Crippen molar-refractivity contribution >= 4 is 29.0 Å². The Labute approximate surface area is 174 Å². The molecule has 0 unspecified atom stereocenters. The Morgan fingerprint density at radius 1 is 0.967 bits per heavy atom. The summed E-state index contributed by atoms with van der Waals surface area (Å²) in [6.07, 6.45) is -0.130. The Kier molecular flexibility index (Phi) is 6.32. The Balaban J connectivity index is 1.90. The summed E-state index contributed by atoms with van der Waals surface area (Å²) in [4.78, 5) is 40.0. The molecular weight excluding hydrogens is 382 g/mol. The van der Waals surface area contributed by atoms with E-state index in [0.717, 1.165) is 11.4 Å². The molecule has 3 aromatic rings. The van der Waals surface area contributed by atoms with E-state index < -0.39 is 5.97 Å². The average Bonchev–Trinajstić information content (AvgIpc) is 3.08. The van der Waals surface area contributed by atoms with Gasteiger partial charge in [-0.3, -0.25) is 20.0 Å². The molecule has 7 nitrogen and oxygen atoms in total. The smallest absolute Gasteiger partial charge is 0.339 e. The molecule has 1 amide bonds. The predicted octanol–water partition coefficient (Wildman–Crippen LogP) is 3.72. The highest BCUT2D eigenvalue weighted by atomic mass is 16.5. The third-order valence-corrected chi connectivity index (χ3v) is 4.67. The molecule has 2 N–H and O–H groups in total. The van der Waals surface area contributed by atoms with Gasteiger partial charge >= 0.3 is 5.97 Å². The molecule has 2 aromatic carbocycles. The molecule has 1 heterocycles. The normalized spacial score (nSPS) is 10.4. The number of aromatic amines is 1. The van der Waals surface area contributed by atoms with Gasteiger partial charge in [-0.25, -0.2) is 4.79 Å².